The molecule has 0 aliphatic heterocycles. The van der Waals surface area contributed by atoms with Crippen LogP contribution in [0.5, 0.6) is 0 Å². The summed E-state index contributed by atoms with van der Waals surface area (Å²) >= 11 is 1.72. The minimum absolute atomic E-state index is 0.0540. The van der Waals surface area contributed by atoms with Crippen LogP contribution in [0.2, 0.25) is 0 Å². The SMILES string of the molecule is CSc1ccc(CN(C)CC(=O)NC2(C#N)CCCCCC2)cc1. The van der Waals surface area contributed by atoms with Gasteiger partial charge in [0, 0.05) is 11.4 Å². The van der Waals surface area contributed by atoms with Crippen LogP contribution in [0.1, 0.15) is 44.1 Å². The third kappa shape index (κ3) is 5.54. The lowest BCUT2D eigenvalue weighted by Crippen LogP contribution is -2.49. The molecular weight excluding hydrogens is 318 g/mol. The number of nitriles is 1. The van der Waals surface area contributed by atoms with Gasteiger partial charge in [0.15, 0.2) is 0 Å². The van der Waals surface area contributed by atoms with Crippen molar-refractivity contribution in [2.45, 2.75) is 55.5 Å². The van der Waals surface area contributed by atoms with E-state index in [2.05, 4.69) is 41.9 Å². The third-order valence-electron chi connectivity index (χ3n) is 4.57. The number of thioether (sulfide) groups is 1. The van der Waals surface area contributed by atoms with Crippen LogP contribution in [0.15, 0.2) is 29.2 Å². The Balaban J connectivity index is 1.87. The van der Waals surface area contributed by atoms with Gasteiger partial charge in [0.2, 0.25) is 5.91 Å². The molecule has 4 nitrogen and oxygen atoms in total. The minimum Gasteiger partial charge on any atom is -0.337 e. The van der Waals surface area contributed by atoms with Gasteiger partial charge >= 0.3 is 0 Å². The Morgan fingerprint density at radius 3 is 2.42 bits per heavy atom. The Kier molecular flexibility index (Phi) is 7.14. The summed E-state index contributed by atoms with van der Waals surface area (Å²) in [5.74, 6) is -0.0540. The Bertz CT molecular complexity index is 571. The molecule has 0 radical (unpaired) electrons. The third-order valence-corrected chi connectivity index (χ3v) is 5.32. The van der Waals surface area contributed by atoms with Crippen molar-refractivity contribution in [3.8, 4) is 6.07 Å². The Hall–Kier alpha value is -1.51. The Morgan fingerprint density at radius 1 is 1.25 bits per heavy atom. The summed E-state index contributed by atoms with van der Waals surface area (Å²) in [4.78, 5) is 15.6. The first-order chi connectivity index (χ1) is 11.6. The maximum atomic E-state index is 12.4. The number of likely N-dealkylation sites (N-methyl/N-ethyl adjacent to an activating group) is 1. The van der Waals surface area contributed by atoms with Crippen LogP contribution < -0.4 is 5.32 Å². The Labute approximate surface area is 149 Å². The fraction of sp³-hybridized carbons (Fsp3) is 0.579. The number of hydrogen-bond donors (Lipinski definition) is 1. The van der Waals surface area contributed by atoms with Crippen molar-refractivity contribution in [3.63, 3.8) is 0 Å². The molecule has 1 aliphatic rings. The van der Waals surface area contributed by atoms with Crippen LogP contribution >= 0.6 is 11.8 Å². The smallest absolute Gasteiger partial charge is 0.235 e. The summed E-state index contributed by atoms with van der Waals surface area (Å²) < 4.78 is 0. The second-order valence-electron chi connectivity index (χ2n) is 6.68. The molecule has 2 rings (SSSR count). The van der Waals surface area contributed by atoms with Crippen LogP contribution in [0, 0.1) is 11.3 Å². The second kappa shape index (κ2) is 9.10. The summed E-state index contributed by atoms with van der Waals surface area (Å²) in [5.41, 5.74) is 0.529. The van der Waals surface area contributed by atoms with Crippen LogP contribution in [-0.4, -0.2) is 36.2 Å². The predicted molar refractivity (Wildman–Crippen MR) is 98.7 cm³/mol. The van der Waals surface area contributed by atoms with Crippen LogP contribution in [-0.2, 0) is 11.3 Å². The van der Waals surface area contributed by atoms with Gasteiger partial charge < -0.3 is 5.32 Å². The normalized spacial score (nSPS) is 17.1. The first kappa shape index (κ1) is 18.8. The summed E-state index contributed by atoms with van der Waals surface area (Å²) in [5, 5.41) is 12.6. The van der Waals surface area contributed by atoms with Gasteiger partial charge in [-0.05, 0) is 43.8 Å². The lowest BCUT2D eigenvalue weighted by atomic mass is 9.92. The monoisotopic (exact) mass is 345 g/mol. The molecule has 0 heterocycles. The number of nitrogens with one attached hydrogen (secondary N) is 1. The van der Waals surface area contributed by atoms with Gasteiger partial charge in [-0.2, -0.15) is 5.26 Å². The fourth-order valence-corrected chi connectivity index (χ4v) is 3.66. The predicted octanol–water partition coefficient (Wildman–Crippen LogP) is 3.57. The highest BCUT2D eigenvalue weighted by Crippen LogP contribution is 2.26. The van der Waals surface area contributed by atoms with Crippen LogP contribution in [0.3, 0.4) is 0 Å². The quantitative estimate of drug-likeness (QED) is 0.632. The molecule has 1 amide bonds. The van der Waals surface area contributed by atoms with Crippen molar-refractivity contribution in [3.05, 3.63) is 29.8 Å². The van der Waals surface area contributed by atoms with Crippen molar-refractivity contribution in [2.75, 3.05) is 19.8 Å². The summed E-state index contributed by atoms with van der Waals surface area (Å²) in [6, 6.07) is 10.8. The maximum absolute atomic E-state index is 12.4. The number of nitrogens with zero attached hydrogens (tertiary/aromatic N) is 2. The summed E-state index contributed by atoms with van der Waals surface area (Å²) in [6.07, 6.45) is 7.96. The highest BCUT2D eigenvalue weighted by atomic mass is 32.2. The molecule has 24 heavy (non-hydrogen) atoms. The van der Waals surface area contributed by atoms with Gasteiger partial charge in [0.25, 0.3) is 0 Å². The molecule has 0 aromatic heterocycles. The molecule has 0 bridgehead atoms. The molecule has 1 aliphatic carbocycles. The molecule has 0 spiro atoms. The topological polar surface area (TPSA) is 56.1 Å². The van der Waals surface area contributed by atoms with Crippen molar-refractivity contribution in [1.82, 2.24) is 10.2 Å². The van der Waals surface area contributed by atoms with Crippen molar-refractivity contribution >= 4 is 17.7 Å². The van der Waals surface area contributed by atoms with Crippen LogP contribution in [0.4, 0.5) is 0 Å². The van der Waals surface area contributed by atoms with E-state index in [4.69, 9.17) is 0 Å². The first-order valence-electron chi connectivity index (χ1n) is 8.61. The standard InChI is InChI=1S/C19H27N3OS/c1-22(13-16-7-9-17(24-2)10-8-16)14-18(23)21-19(15-20)11-5-3-4-6-12-19/h7-10H,3-6,11-14H2,1-2H3,(H,21,23). The number of benzene rings is 1. The molecule has 130 valence electrons. The zero-order valence-electron chi connectivity index (χ0n) is 14.7. The van der Waals surface area contributed by atoms with E-state index in [1.54, 1.807) is 11.8 Å². The average Bonchev–Trinajstić information content (AvgIpc) is 2.81. The van der Waals surface area contributed by atoms with E-state index in [1.807, 2.05) is 11.9 Å². The molecule has 0 saturated heterocycles. The number of carbonyl (C=O) groups excluding carboxylic acids is 1. The molecule has 1 saturated carbocycles. The number of carbonyl (C=O) groups is 1. The van der Waals surface area contributed by atoms with Gasteiger partial charge in [-0.1, -0.05) is 37.8 Å². The highest BCUT2D eigenvalue weighted by Gasteiger charge is 2.32. The van der Waals surface area contributed by atoms with E-state index in [9.17, 15) is 10.1 Å². The van der Waals surface area contributed by atoms with Gasteiger partial charge in [-0.3, -0.25) is 9.69 Å². The van der Waals surface area contributed by atoms with E-state index in [1.165, 1.54) is 10.5 Å². The van der Waals surface area contributed by atoms with E-state index in [-0.39, 0.29) is 5.91 Å². The summed E-state index contributed by atoms with van der Waals surface area (Å²) in [7, 11) is 1.94. The number of hydrogen-bond acceptors (Lipinski definition) is 4. The maximum Gasteiger partial charge on any atom is 0.235 e. The molecule has 1 fully saturated rings. The second-order valence-corrected chi connectivity index (χ2v) is 7.56. The van der Waals surface area contributed by atoms with Gasteiger partial charge in [-0.25, -0.2) is 0 Å². The lowest BCUT2D eigenvalue weighted by Gasteiger charge is -2.27. The zero-order chi connectivity index (χ0) is 17.4. The average molecular weight is 346 g/mol. The highest BCUT2D eigenvalue weighted by molar-refractivity contribution is 7.98. The lowest BCUT2D eigenvalue weighted by molar-refractivity contribution is -0.123. The molecular formula is C19H27N3OS. The van der Waals surface area contributed by atoms with Gasteiger partial charge in [0.05, 0.1) is 12.6 Å². The zero-order valence-corrected chi connectivity index (χ0v) is 15.5. The van der Waals surface area contributed by atoms with E-state index >= 15 is 0 Å². The number of rotatable bonds is 6. The van der Waals surface area contributed by atoms with Gasteiger partial charge in [-0.15, -0.1) is 11.8 Å². The van der Waals surface area contributed by atoms with Crippen molar-refractivity contribution in [2.24, 2.45) is 0 Å². The summed E-state index contributed by atoms with van der Waals surface area (Å²) in [6.45, 7) is 1.04. The Morgan fingerprint density at radius 2 is 1.88 bits per heavy atom. The minimum atomic E-state index is -0.658. The number of amides is 1. The molecule has 0 unspecified atom stereocenters. The largest absolute Gasteiger partial charge is 0.337 e. The molecule has 1 N–H and O–H groups in total. The molecule has 0 atom stereocenters. The molecule has 1 aromatic rings. The van der Waals surface area contributed by atoms with E-state index < -0.39 is 5.54 Å². The first-order valence-corrected chi connectivity index (χ1v) is 9.83. The van der Waals surface area contributed by atoms with Crippen LogP contribution in [0.25, 0.3) is 0 Å². The molecule has 1 aromatic carbocycles. The van der Waals surface area contributed by atoms with Crippen molar-refractivity contribution in [1.29, 1.82) is 5.26 Å². The van der Waals surface area contributed by atoms with E-state index in [0.717, 1.165) is 45.1 Å². The van der Waals surface area contributed by atoms with Crippen molar-refractivity contribution < 1.29 is 4.79 Å². The van der Waals surface area contributed by atoms with E-state index in [0.29, 0.717) is 6.54 Å². The fourth-order valence-electron chi connectivity index (χ4n) is 3.25. The van der Waals surface area contributed by atoms with Gasteiger partial charge in [0.1, 0.15) is 5.54 Å². The molecule has 5 heteroatoms.